The van der Waals surface area contributed by atoms with Gasteiger partial charge in [0, 0.05) is 66.6 Å². The molecule has 0 saturated carbocycles. The molecule has 3 aromatic heterocycles. The molecule has 2 bridgehead atoms. The van der Waals surface area contributed by atoms with Gasteiger partial charge in [-0.25, -0.2) is 6.29 Å². The molecule has 0 unspecified atom stereocenters. The van der Waals surface area contributed by atoms with E-state index in [0.717, 1.165) is 33.6 Å². The first-order valence-corrected chi connectivity index (χ1v) is 24.7. The minimum atomic E-state index is -1.40. The molecule has 0 spiro atoms. The maximum Gasteiger partial charge on any atom is 1.00 e. The first-order chi connectivity index (χ1) is 36.0. The third-order valence-corrected chi connectivity index (χ3v) is 12.0. The molecule has 1 N–H and O–H groups in total. The van der Waals surface area contributed by atoms with Gasteiger partial charge in [0.25, 0.3) is 0 Å². The number of carbonyl (C=O) groups excluding carboxylic acids is 3. The SMILES string of the molecule is COCCOCCOCCOc1ccc(-c2cc(CN3CCN(C[C-]=O)Cc4cccc(n4)CN(Cc4cc(-c5ccc(OCCOCCOCCOC)cc5C)cc(C(=O)[O-])n4)CC3)nc(C(=O)[O-])c2)c(C)c1.[K+].[K+].[K+].[OH-]. The van der Waals surface area contributed by atoms with Crippen molar-refractivity contribution < 1.29 is 222 Å². The Balaban J connectivity index is 0.00000520. The minimum Gasteiger partial charge on any atom is -0.870 e. The van der Waals surface area contributed by atoms with E-state index in [2.05, 4.69) is 19.8 Å². The predicted molar refractivity (Wildman–Crippen MR) is 272 cm³/mol. The summed E-state index contributed by atoms with van der Waals surface area (Å²) in [6.45, 7) is 12.5. The van der Waals surface area contributed by atoms with Crippen molar-refractivity contribution in [3.05, 3.63) is 124 Å². The molecule has 5 aromatic rings. The number of methoxy groups -OCH3 is 2. The maximum atomic E-state index is 12.5. The van der Waals surface area contributed by atoms with E-state index in [1.807, 2.05) is 91.8 Å². The number of carboxylic acid groups (broad SMARTS) is 2. The Kier molecular flexibility index (Phi) is 38.0. The van der Waals surface area contributed by atoms with Crippen LogP contribution >= 0.6 is 0 Å². The van der Waals surface area contributed by atoms with E-state index < -0.39 is 11.9 Å². The molecule has 0 saturated heterocycles. The number of pyridine rings is 3. The van der Waals surface area contributed by atoms with Gasteiger partial charge in [0.15, 0.2) is 0 Å². The molecule has 20 nitrogen and oxygen atoms in total. The minimum absolute atomic E-state index is 0. The van der Waals surface area contributed by atoms with Gasteiger partial charge in [-0.1, -0.05) is 24.7 Å². The number of aromatic carboxylic acids is 2. The van der Waals surface area contributed by atoms with Crippen LogP contribution in [0.25, 0.3) is 22.3 Å². The zero-order valence-corrected chi connectivity index (χ0v) is 55.7. The number of benzene rings is 2. The van der Waals surface area contributed by atoms with Crippen LogP contribution in [0.3, 0.4) is 0 Å². The average molecular weight is 1150 g/mol. The Labute approximate surface area is 585 Å². The van der Waals surface area contributed by atoms with Crippen LogP contribution in [0, 0.1) is 13.8 Å². The number of carbonyl (C=O) groups is 2. The molecule has 1 aliphatic heterocycles. The zero-order chi connectivity index (χ0) is 52.5. The summed E-state index contributed by atoms with van der Waals surface area (Å²) in [4.78, 5) is 57.0. The van der Waals surface area contributed by atoms with Gasteiger partial charge < -0.3 is 72.9 Å². The quantitative estimate of drug-likeness (QED) is 0.0236. The van der Waals surface area contributed by atoms with Crippen molar-refractivity contribution in [1.29, 1.82) is 0 Å². The van der Waals surface area contributed by atoms with Gasteiger partial charge in [-0.05, 0) is 108 Å². The van der Waals surface area contributed by atoms with Gasteiger partial charge in [0.2, 0.25) is 0 Å². The number of aromatic nitrogens is 3. The molecule has 0 amide bonds. The van der Waals surface area contributed by atoms with Gasteiger partial charge in [-0.15, -0.1) is 0 Å². The van der Waals surface area contributed by atoms with Crippen molar-refractivity contribution in [2.75, 3.05) is 126 Å². The second kappa shape index (κ2) is 40.8. The first-order valence-electron chi connectivity index (χ1n) is 24.7. The number of aryl methyl sites for hydroxylation is 2. The van der Waals surface area contributed by atoms with Crippen molar-refractivity contribution >= 4 is 18.2 Å². The van der Waals surface area contributed by atoms with E-state index in [4.69, 9.17) is 42.9 Å². The predicted octanol–water partition coefficient (Wildman–Crippen LogP) is -6.07. The van der Waals surface area contributed by atoms with Crippen LogP contribution in [-0.2, 0) is 59.4 Å². The van der Waals surface area contributed by atoms with Crippen LogP contribution in [0.2, 0.25) is 0 Å². The van der Waals surface area contributed by atoms with Crippen LogP contribution in [0.15, 0.2) is 78.9 Å². The number of nitrogens with zero attached hydrogens (tertiary/aromatic N) is 6. The number of fused-ring (bicyclic) bond motifs is 2. The Morgan fingerprint density at radius 1 is 0.526 bits per heavy atom. The van der Waals surface area contributed by atoms with E-state index in [1.165, 1.54) is 12.1 Å². The largest absolute Gasteiger partial charge is 1.00 e. The zero-order valence-electron chi connectivity index (χ0n) is 46.3. The molecular formula is C55H68K3N6O14-. The molecular weight excluding hydrogens is 1090 g/mol. The Bertz CT molecular complexity index is 2590. The van der Waals surface area contributed by atoms with Gasteiger partial charge >= 0.3 is 154 Å². The maximum absolute atomic E-state index is 12.5. The number of hydrogen-bond donors (Lipinski definition) is 0. The first kappa shape index (κ1) is 72.7. The van der Waals surface area contributed by atoms with E-state index in [9.17, 15) is 24.6 Å². The van der Waals surface area contributed by atoms with Crippen molar-refractivity contribution in [3.8, 4) is 33.8 Å². The number of carboxylic acids is 2. The molecule has 0 atom stereocenters. The smallest absolute Gasteiger partial charge is 0.870 e. The van der Waals surface area contributed by atoms with Gasteiger partial charge in [0.05, 0.1) is 112 Å². The second-order valence-corrected chi connectivity index (χ2v) is 17.6. The second-order valence-electron chi connectivity index (χ2n) is 17.6. The number of rotatable bonds is 30. The fourth-order valence-electron chi connectivity index (χ4n) is 8.30. The van der Waals surface area contributed by atoms with Crippen LogP contribution in [0.1, 0.15) is 54.9 Å². The molecule has 4 heterocycles. The third-order valence-electron chi connectivity index (χ3n) is 12.0. The third kappa shape index (κ3) is 25.6. The summed E-state index contributed by atoms with van der Waals surface area (Å²) < 4.78 is 43.9. The fraction of sp³-hybridized carbons (Fsp3) is 0.455. The number of hydrogen-bond acceptors (Lipinski definition) is 20. The Hall–Kier alpha value is -1.39. The molecule has 0 aliphatic carbocycles. The van der Waals surface area contributed by atoms with Gasteiger partial charge in [-0.2, -0.15) is 0 Å². The van der Waals surface area contributed by atoms with Crippen LogP contribution in [0.4, 0.5) is 0 Å². The van der Waals surface area contributed by atoms with Crippen molar-refractivity contribution in [1.82, 2.24) is 29.7 Å². The molecule has 78 heavy (non-hydrogen) atoms. The van der Waals surface area contributed by atoms with Gasteiger partial charge in [0.1, 0.15) is 24.7 Å². The van der Waals surface area contributed by atoms with Crippen molar-refractivity contribution in [3.63, 3.8) is 0 Å². The van der Waals surface area contributed by atoms with E-state index >= 15 is 0 Å². The molecule has 6 rings (SSSR count). The van der Waals surface area contributed by atoms with Crippen molar-refractivity contribution in [2.24, 2.45) is 0 Å². The molecule has 1 aliphatic rings. The normalized spacial score (nSPS) is 13.1. The fourth-order valence-corrected chi connectivity index (χ4v) is 8.30. The average Bonchev–Trinajstić information content (AvgIpc) is 3.38. The van der Waals surface area contributed by atoms with Crippen LogP contribution < -0.4 is 174 Å². The van der Waals surface area contributed by atoms with E-state index in [0.29, 0.717) is 153 Å². The summed E-state index contributed by atoms with van der Waals surface area (Å²) in [6.07, 6.45) is 2.04. The topological polar surface area (TPSA) is 250 Å². The molecule has 0 fully saturated rings. The monoisotopic (exact) mass is 1150 g/mol. The summed E-state index contributed by atoms with van der Waals surface area (Å²) in [5.74, 6) is -1.51. The summed E-state index contributed by atoms with van der Waals surface area (Å²) in [5, 5.41) is 24.9. The summed E-state index contributed by atoms with van der Waals surface area (Å²) >= 11 is 0. The molecule has 2 aromatic carbocycles. The van der Waals surface area contributed by atoms with Crippen LogP contribution in [-0.4, -0.2) is 180 Å². The Morgan fingerprint density at radius 2 is 0.923 bits per heavy atom. The molecule has 0 radical (unpaired) electrons. The Morgan fingerprint density at radius 3 is 1.35 bits per heavy atom. The van der Waals surface area contributed by atoms with Crippen LogP contribution in [0.5, 0.6) is 11.5 Å². The standard InChI is InChI=1S/C55H69N6O13.3K.H2O/c1-40-30-48(73-28-26-71-24-22-69-20-18-67-3)8-10-50(40)42-32-46(57-52(34-42)54(63)64)38-59-12-13-60(16-17-62)36-44-6-5-7-45(56-44)37-61(15-14-59)39-47-33-43(35-53(58-47)55(65)66)51-11-9-49(31-41(51)2)74-29-27-72-25-23-70-21-19-68-4;;;;/h5-11,30-35H,12-16,18-29,36-39H2,1-4H3,(H,63,64)(H,65,66);;;;1H2/q-1;3*+1;/p-3. The summed E-state index contributed by atoms with van der Waals surface area (Å²) in [6, 6.07) is 23.8. The van der Waals surface area contributed by atoms with Gasteiger partial charge in [-0.3, -0.25) is 24.8 Å². The summed E-state index contributed by atoms with van der Waals surface area (Å²) in [5.41, 5.74) is 6.84. The van der Waals surface area contributed by atoms with Crippen molar-refractivity contribution in [2.45, 2.75) is 40.0 Å². The van der Waals surface area contributed by atoms with E-state index in [-0.39, 0.29) is 191 Å². The van der Waals surface area contributed by atoms with E-state index in [1.54, 1.807) is 14.2 Å². The summed E-state index contributed by atoms with van der Waals surface area (Å²) in [7, 11) is 3.24. The number of ether oxygens (including phenoxy) is 8. The molecule has 23 heteroatoms. The molecule has 406 valence electrons.